The first-order valence-electron chi connectivity index (χ1n) is 8.42. The Morgan fingerprint density at radius 1 is 1.00 bits per heavy atom. The summed E-state index contributed by atoms with van der Waals surface area (Å²) in [4.78, 5) is 8.81. The number of hydrogen-bond acceptors (Lipinski definition) is 4. The van der Waals surface area contributed by atoms with Crippen molar-refractivity contribution in [3.8, 4) is 0 Å². The van der Waals surface area contributed by atoms with Gasteiger partial charge in [-0.2, -0.15) is 0 Å². The van der Waals surface area contributed by atoms with Gasteiger partial charge >= 0.3 is 0 Å². The van der Waals surface area contributed by atoms with E-state index < -0.39 is 0 Å². The van der Waals surface area contributed by atoms with E-state index >= 15 is 0 Å². The van der Waals surface area contributed by atoms with Crippen LogP contribution in [0.4, 0.5) is 5.82 Å². The molecule has 2 aromatic heterocycles. The normalized spacial score (nSPS) is 11.5. The molecule has 0 saturated carbocycles. The van der Waals surface area contributed by atoms with Gasteiger partial charge in [-0.1, -0.05) is 18.2 Å². The fourth-order valence-corrected chi connectivity index (χ4v) is 2.52. The molecule has 130 valence electrons. The molecule has 25 heavy (non-hydrogen) atoms. The van der Waals surface area contributed by atoms with Gasteiger partial charge in [0.15, 0.2) is 5.96 Å². The fourth-order valence-electron chi connectivity index (χ4n) is 2.52. The summed E-state index contributed by atoms with van der Waals surface area (Å²) in [5.74, 6) is 2.62. The molecule has 0 radical (unpaired) electrons. The third-order valence-corrected chi connectivity index (χ3v) is 3.79. The molecule has 0 spiro atoms. The summed E-state index contributed by atoms with van der Waals surface area (Å²) in [6.07, 6.45) is 2.52. The van der Waals surface area contributed by atoms with Gasteiger partial charge < -0.3 is 20.4 Å². The molecule has 0 amide bonds. The van der Waals surface area contributed by atoms with Gasteiger partial charge in [0, 0.05) is 38.5 Å². The number of aromatic nitrogens is 1. The second kappa shape index (κ2) is 8.73. The van der Waals surface area contributed by atoms with Crippen molar-refractivity contribution < 1.29 is 4.42 Å². The number of aliphatic imine (C=N–C) groups is 1. The molecule has 0 bridgehead atoms. The predicted molar refractivity (Wildman–Crippen MR) is 102 cm³/mol. The van der Waals surface area contributed by atoms with E-state index in [-0.39, 0.29) is 0 Å². The number of furan rings is 1. The molecule has 0 aliphatic carbocycles. The molecule has 0 fully saturated rings. The minimum Gasteiger partial charge on any atom is -0.469 e. The first kappa shape index (κ1) is 16.8. The quantitative estimate of drug-likeness (QED) is 0.351. The van der Waals surface area contributed by atoms with Crippen LogP contribution in [0.1, 0.15) is 5.76 Å². The summed E-state index contributed by atoms with van der Waals surface area (Å²) in [7, 11) is 1.76. The third-order valence-electron chi connectivity index (χ3n) is 3.79. The number of guanidine groups is 1. The lowest BCUT2D eigenvalue weighted by Crippen LogP contribution is -2.40. The number of nitrogens with one attached hydrogen (secondary N) is 3. The lowest BCUT2D eigenvalue weighted by Gasteiger charge is -2.12. The van der Waals surface area contributed by atoms with E-state index in [9.17, 15) is 0 Å². The van der Waals surface area contributed by atoms with Crippen molar-refractivity contribution in [2.45, 2.75) is 6.42 Å². The molecule has 0 atom stereocenters. The van der Waals surface area contributed by atoms with Crippen molar-refractivity contribution in [2.75, 3.05) is 32.0 Å². The van der Waals surface area contributed by atoms with Crippen molar-refractivity contribution in [3.63, 3.8) is 0 Å². The van der Waals surface area contributed by atoms with Crippen LogP contribution in [0.2, 0.25) is 0 Å². The Morgan fingerprint density at radius 3 is 2.72 bits per heavy atom. The Balaban J connectivity index is 1.38. The maximum absolute atomic E-state index is 5.31. The molecular weight excluding hydrogens is 314 g/mol. The smallest absolute Gasteiger partial charge is 0.191 e. The lowest BCUT2D eigenvalue weighted by atomic mass is 10.2. The molecule has 2 heterocycles. The Morgan fingerprint density at radius 2 is 1.88 bits per heavy atom. The molecular formula is C19H23N5O. The highest BCUT2D eigenvalue weighted by Gasteiger charge is 2.00. The van der Waals surface area contributed by atoms with Crippen LogP contribution in [0.3, 0.4) is 0 Å². The average Bonchev–Trinajstić information content (AvgIpc) is 3.17. The zero-order valence-electron chi connectivity index (χ0n) is 14.3. The van der Waals surface area contributed by atoms with E-state index in [4.69, 9.17) is 4.42 Å². The van der Waals surface area contributed by atoms with Crippen LogP contribution in [-0.2, 0) is 6.42 Å². The van der Waals surface area contributed by atoms with Gasteiger partial charge in [-0.05, 0) is 30.3 Å². The molecule has 6 heteroatoms. The van der Waals surface area contributed by atoms with E-state index in [2.05, 4.69) is 38.1 Å². The molecule has 6 nitrogen and oxygen atoms in total. The van der Waals surface area contributed by atoms with Crippen LogP contribution in [0.5, 0.6) is 0 Å². The highest BCUT2D eigenvalue weighted by molar-refractivity contribution is 5.80. The summed E-state index contributed by atoms with van der Waals surface area (Å²) >= 11 is 0. The Labute approximate surface area is 147 Å². The fraction of sp³-hybridized carbons (Fsp3) is 0.263. The number of fused-ring (bicyclic) bond motifs is 1. The second-order valence-corrected chi connectivity index (χ2v) is 5.57. The van der Waals surface area contributed by atoms with Crippen LogP contribution in [0, 0.1) is 0 Å². The molecule has 3 aromatic rings. The predicted octanol–water partition coefficient (Wildman–Crippen LogP) is 2.65. The average molecular weight is 337 g/mol. The maximum Gasteiger partial charge on any atom is 0.191 e. The topological polar surface area (TPSA) is 74.5 Å². The van der Waals surface area contributed by atoms with Gasteiger partial charge in [-0.15, -0.1) is 0 Å². The molecule has 1 aromatic carbocycles. The number of para-hydroxylation sites is 1. The first-order chi connectivity index (χ1) is 12.3. The number of rotatable bonds is 7. The van der Waals surface area contributed by atoms with E-state index in [1.807, 2.05) is 36.4 Å². The Kier molecular flexibility index (Phi) is 5.87. The first-order valence-corrected chi connectivity index (χ1v) is 8.42. The van der Waals surface area contributed by atoms with Gasteiger partial charge in [0.2, 0.25) is 0 Å². The lowest BCUT2D eigenvalue weighted by molar-refractivity contribution is 0.507. The highest BCUT2D eigenvalue weighted by Crippen LogP contribution is 2.14. The number of benzene rings is 1. The summed E-state index contributed by atoms with van der Waals surface area (Å²) in [6.45, 7) is 2.27. The molecule has 3 N–H and O–H groups in total. The van der Waals surface area contributed by atoms with Crippen LogP contribution in [0.15, 0.2) is 64.2 Å². The molecule has 0 aliphatic rings. The summed E-state index contributed by atoms with van der Waals surface area (Å²) in [6, 6.07) is 16.0. The summed E-state index contributed by atoms with van der Waals surface area (Å²) in [5, 5.41) is 11.0. The SMILES string of the molecule is CN=C(NCCNc1ccc2ccccc2n1)NCCc1ccco1. The molecule has 0 unspecified atom stereocenters. The zero-order valence-corrected chi connectivity index (χ0v) is 14.3. The van der Waals surface area contributed by atoms with Gasteiger partial charge in [0.25, 0.3) is 0 Å². The number of hydrogen-bond donors (Lipinski definition) is 3. The molecule has 3 rings (SSSR count). The van der Waals surface area contributed by atoms with Crippen LogP contribution in [0.25, 0.3) is 10.9 Å². The third kappa shape index (κ3) is 4.97. The van der Waals surface area contributed by atoms with E-state index in [1.165, 1.54) is 0 Å². The standard InChI is InChI=1S/C19H23N5O/c1-20-19(22-11-10-16-6-4-14-25-16)23-13-12-21-18-9-8-15-5-2-3-7-17(15)24-18/h2-9,14H,10-13H2,1H3,(H,21,24)(H2,20,22,23). The van der Waals surface area contributed by atoms with Crippen LogP contribution < -0.4 is 16.0 Å². The number of anilines is 1. The highest BCUT2D eigenvalue weighted by atomic mass is 16.3. The number of nitrogens with zero attached hydrogens (tertiary/aromatic N) is 2. The van der Waals surface area contributed by atoms with Crippen molar-refractivity contribution in [1.82, 2.24) is 15.6 Å². The Bertz CT molecular complexity index is 814. The van der Waals surface area contributed by atoms with E-state index in [1.54, 1.807) is 13.3 Å². The summed E-state index contributed by atoms with van der Waals surface area (Å²) in [5.41, 5.74) is 0.996. The van der Waals surface area contributed by atoms with Gasteiger partial charge in [0.1, 0.15) is 11.6 Å². The van der Waals surface area contributed by atoms with Gasteiger partial charge in [0.05, 0.1) is 11.8 Å². The van der Waals surface area contributed by atoms with Gasteiger partial charge in [-0.3, -0.25) is 4.99 Å². The van der Waals surface area contributed by atoms with Crippen LogP contribution in [-0.4, -0.2) is 37.6 Å². The monoisotopic (exact) mass is 337 g/mol. The minimum atomic E-state index is 0.745. The van der Waals surface area contributed by atoms with Crippen molar-refractivity contribution in [3.05, 3.63) is 60.6 Å². The zero-order chi connectivity index (χ0) is 17.3. The second-order valence-electron chi connectivity index (χ2n) is 5.57. The summed E-state index contributed by atoms with van der Waals surface area (Å²) < 4.78 is 5.31. The maximum atomic E-state index is 5.31. The molecule has 0 aliphatic heterocycles. The van der Waals surface area contributed by atoms with Crippen LogP contribution >= 0.6 is 0 Å². The van der Waals surface area contributed by atoms with Crippen molar-refractivity contribution >= 4 is 22.7 Å². The Hall–Kier alpha value is -3.02. The minimum absolute atomic E-state index is 0.745. The largest absolute Gasteiger partial charge is 0.469 e. The molecule has 0 saturated heterocycles. The van der Waals surface area contributed by atoms with Crippen molar-refractivity contribution in [2.24, 2.45) is 4.99 Å². The van der Waals surface area contributed by atoms with Crippen molar-refractivity contribution in [1.29, 1.82) is 0 Å². The van der Waals surface area contributed by atoms with E-state index in [0.29, 0.717) is 0 Å². The number of pyridine rings is 1. The van der Waals surface area contributed by atoms with E-state index in [0.717, 1.165) is 54.5 Å². The van der Waals surface area contributed by atoms with Gasteiger partial charge in [-0.25, -0.2) is 4.98 Å².